The van der Waals surface area contributed by atoms with Gasteiger partial charge in [0.15, 0.2) is 0 Å². The van der Waals surface area contributed by atoms with Crippen LogP contribution in [0.3, 0.4) is 0 Å². The summed E-state index contributed by atoms with van der Waals surface area (Å²) in [5.74, 6) is 0. The van der Waals surface area contributed by atoms with Crippen molar-refractivity contribution < 1.29 is 0 Å². The molecule has 3 heterocycles. The van der Waals surface area contributed by atoms with Crippen molar-refractivity contribution in [1.29, 1.82) is 0 Å². The van der Waals surface area contributed by atoms with Crippen molar-refractivity contribution in [2.45, 2.75) is 19.4 Å². The summed E-state index contributed by atoms with van der Waals surface area (Å²) in [6, 6.07) is 5.03. The van der Waals surface area contributed by atoms with E-state index < -0.39 is 0 Å². The van der Waals surface area contributed by atoms with E-state index in [0.29, 0.717) is 0 Å². The van der Waals surface area contributed by atoms with Gasteiger partial charge in [-0.2, -0.15) is 0 Å². The lowest BCUT2D eigenvalue weighted by molar-refractivity contribution is 0.271. The Morgan fingerprint density at radius 1 is 1.29 bits per heavy atom. The third-order valence-electron chi connectivity index (χ3n) is 3.77. The van der Waals surface area contributed by atoms with Gasteiger partial charge in [0.1, 0.15) is 0 Å². The van der Waals surface area contributed by atoms with Crippen molar-refractivity contribution in [3.63, 3.8) is 0 Å². The standard InChI is InChI=1S/C14H19N3/c1-12-10-13(4-6-15-12)17-9-5-14(11-17)16-7-2-3-8-16/h2-4,6,10,14H,5,7-9,11H2,1H3. The Bertz CT molecular complexity index is 419. The number of nitrogens with zero attached hydrogens (tertiary/aromatic N) is 3. The van der Waals surface area contributed by atoms with Crippen LogP contribution in [0, 0.1) is 6.92 Å². The van der Waals surface area contributed by atoms with E-state index in [1.54, 1.807) is 0 Å². The number of pyridine rings is 1. The number of hydrogen-bond donors (Lipinski definition) is 0. The molecule has 1 aromatic heterocycles. The zero-order valence-electron chi connectivity index (χ0n) is 10.3. The largest absolute Gasteiger partial charge is 0.370 e. The van der Waals surface area contributed by atoms with Crippen molar-refractivity contribution in [3.05, 3.63) is 36.2 Å². The molecular formula is C14H19N3. The molecule has 0 aromatic carbocycles. The van der Waals surface area contributed by atoms with E-state index in [4.69, 9.17) is 0 Å². The second kappa shape index (κ2) is 4.49. The molecule has 17 heavy (non-hydrogen) atoms. The first kappa shape index (κ1) is 10.8. The van der Waals surface area contributed by atoms with Gasteiger partial charge in [-0.1, -0.05) is 12.2 Å². The number of anilines is 1. The molecule has 3 rings (SSSR count). The number of aromatic nitrogens is 1. The predicted molar refractivity (Wildman–Crippen MR) is 70.3 cm³/mol. The van der Waals surface area contributed by atoms with Crippen LogP contribution in [-0.2, 0) is 0 Å². The number of rotatable bonds is 2. The molecule has 90 valence electrons. The molecular weight excluding hydrogens is 210 g/mol. The maximum atomic E-state index is 4.26. The first-order valence-corrected chi connectivity index (χ1v) is 6.39. The van der Waals surface area contributed by atoms with Gasteiger partial charge in [0.25, 0.3) is 0 Å². The quantitative estimate of drug-likeness (QED) is 0.721. The van der Waals surface area contributed by atoms with Crippen LogP contribution < -0.4 is 4.90 Å². The third kappa shape index (κ3) is 2.20. The average Bonchev–Trinajstić information content (AvgIpc) is 3.00. The molecule has 0 bridgehead atoms. The van der Waals surface area contributed by atoms with E-state index in [1.165, 1.54) is 18.7 Å². The highest BCUT2D eigenvalue weighted by Crippen LogP contribution is 2.23. The van der Waals surface area contributed by atoms with Crippen LogP contribution >= 0.6 is 0 Å². The molecule has 0 N–H and O–H groups in total. The summed E-state index contributed by atoms with van der Waals surface area (Å²) in [5.41, 5.74) is 2.43. The summed E-state index contributed by atoms with van der Waals surface area (Å²) >= 11 is 0. The molecule has 0 spiro atoms. The average molecular weight is 229 g/mol. The fraction of sp³-hybridized carbons (Fsp3) is 0.500. The lowest BCUT2D eigenvalue weighted by Crippen LogP contribution is -2.35. The van der Waals surface area contributed by atoms with Crippen LogP contribution in [-0.4, -0.2) is 42.1 Å². The van der Waals surface area contributed by atoms with E-state index in [1.807, 2.05) is 6.20 Å². The summed E-state index contributed by atoms with van der Waals surface area (Å²) in [5, 5.41) is 0. The summed E-state index contributed by atoms with van der Waals surface area (Å²) < 4.78 is 0. The summed E-state index contributed by atoms with van der Waals surface area (Å²) in [6.45, 7) is 6.65. The van der Waals surface area contributed by atoms with E-state index >= 15 is 0 Å². The lowest BCUT2D eigenvalue weighted by atomic mass is 10.2. The molecule has 1 aromatic rings. The van der Waals surface area contributed by atoms with Gasteiger partial charge < -0.3 is 4.90 Å². The topological polar surface area (TPSA) is 19.4 Å². The Labute approximate surface area is 103 Å². The maximum absolute atomic E-state index is 4.26. The summed E-state index contributed by atoms with van der Waals surface area (Å²) in [6.07, 6.45) is 7.75. The Kier molecular flexibility index (Phi) is 2.85. The van der Waals surface area contributed by atoms with Gasteiger partial charge in [-0.25, -0.2) is 0 Å². The second-order valence-corrected chi connectivity index (χ2v) is 4.97. The van der Waals surface area contributed by atoms with E-state index in [-0.39, 0.29) is 0 Å². The normalized spacial score (nSPS) is 24.8. The molecule has 1 unspecified atom stereocenters. The fourth-order valence-electron chi connectivity index (χ4n) is 2.79. The van der Waals surface area contributed by atoms with Crippen LogP contribution in [0.2, 0.25) is 0 Å². The highest BCUT2D eigenvalue weighted by atomic mass is 15.3. The summed E-state index contributed by atoms with van der Waals surface area (Å²) in [7, 11) is 0. The van der Waals surface area contributed by atoms with Gasteiger partial charge in [0.2, 0.25) is 0 Å². The molecule has 3 nitrogen and oxygen atoms in total. The van der Waals surface area contributed by atoms with Crippen molar-refractivity contribution in [1.82, 2.24) is 9.88 Å². The molecule has 0 amide bonds. The van der Waals surface area contributed by atoms with Crippen LogP contribution in [0.15, 0.2) is 30.5 Å². The molecule has 1 fully saturated rings. The smallest absolute Gasteiger partial charge is 0.0400 e. The Morgan fingerprint density at radius 3 is 2.88 bits per heavy atom. The second-order valence-electron chi connectivity index (χ2n) is 4.97. The molecule has 0 radical (unpaired) electrons. The zero-order valence-corrected chi connectivity index (χ0v) is 10.3. The molecule has 0 aliphatic carbocycles. The van der Waals surface area contributed by atoms with E-state index in [9.17, 15) is 0 Å². The Hall–Kier alpha value is -1.35. The van der Waals surface area contributed by atoms with Crippen molar-refractivity contribution in [2.24, 2.45) is 0 Å². The predicted octanol–water partition coefficient (Wildman–Crippen LogP) is 1.84. The van der Waals surface area contributed by atoms with Gasteiger partial charge in [-0.05, 0) is 25.5 Å². The van der Waals surface area contributed by atoms with Crippen LogP contribution in [0.5, 0.6) is 0 Å². The highest BCUT2D eigenvalue weighted by molar-refractivity contribution is 5.47. The maximum Gasteiger partial charge on any atom is 0.0400 e. The van der Waals surface area contributed by atoms with Gasteiger partial charge in [0.05, 0.1) is 0 Å². The minimum Gasteiger partial charge on any atom is -0.370 e. The van der Waals surface area contributed by atoms with Crippen molar-refractivity contribution in [2.75, 3.05) is 31.1 Å². The SMILES string of the molecule is Cc1cc(N2CCC(N3CC=CC3)C2)ccn1. The van der Waals surface area contributed by atoms with Crippen LogP contribution in [0.1, 0.15) is 12.1 Å². The Balaban J connectivity index is 1.67. The number of aryl methyl sites for hydroxylation is 1. The zero-order chi connectivity index (χ0) is 11.7. The molecule has 0 saturated carbocycles. The lowest BCUT2D eigenvalue weighted by Gasteiger charge is -2.24. The molecule has 2 aliphatic rings. The van der Waals surface area contributed by atoms with Crippen molar-refractivity contribution >= 4 is 5.69 Å². The van der Waals surface area contributed by atoms with Gasteiger partial charge in [-0.15, -0.1) is 0 Å². The van der Waals surface area contributed by atoms with Crippen LogP contribution in [0.25, 0.3) is 0 Å². The minimum atomic E-state index is 0.721. The van der Waals surface area contributed by atoms with E-state index in [0.717, 1.165) is 31.4 Å². The van der Waals surface area contributed by atoms with Gasteiger partial charge >= 0.3 is 0 Å². The first-order valence-electron chi connectivity index (χ1n) is 6.39. The van der Waals surface area contributed by atoms with E-state index in [2.05, 4.69) is 46.0 Å². The first-order chi connectivity index (χ1) is 8.33. The molecule has 1 atom stereocenters. The fourth-order valence-corrected chi connectivity index (χ4v) is 2.79. The monoisotopic (exact) mass is 229 g/mol. The van der Waals surface area contributed by atoms with Gasteiger partial charge in [-0.3, -0.25) is 9.88 Å². The molecule has 3 heteroatoms. The highest BCUT2D eigenvalue weighted by Gasteiger charge is 2.27. The van der Waals surface area contributed by atoms with Gasteiger partial charge in [0, 0.05) is 49.8 Å². The Morgan fingerprint density at radius 2 is 2.12 bits per heavy atom. The number of hydrogen-bond acceptors (Lipinski definition) is 3. The van der Waals surface area contributed by atoms with Crippen LogP contribution in [0.4, 0.5) is 5.69 Å². The third-order valence-corrected chi connectivity index (χ3v) is 3.77. The summed E-state index contributed by atoms with van der Waals surface area (Å²) in [4.78, 5) is 9.31. The molecule has 2 aliphatic heterocycles. The molecule has 1 saturated heterocycles. The minimum absolute atomic E-state index is 0.721. The van der Waals surface area contributed by atoms with Crippen molar-refractivity contribution in [3.8, 4) is 0 Å².